The molecule has 2 aromatic rings. The average molecular weight is 397 g/mol. The Labute approximate surface area is 168 Å². The third kappa shape index (κ3) is 5.28. The van der Waals surface area contributed by atoms with Gasteiger partial charge in [0.05, 0.1) is 17.6 Å². The van der Waals surface area contributed by atoms with Crippen molar-refractivity contribution in [2.24, 2.45) is 0 Å². The van der Waals surface area contributed by atoms with Crippen molar-refractivity contribution in [3.05, 3.63) is 57.9 Å². The molecule has 1 aliphatic rings. The number of methoxy groups -OCH3 is 1. The minimum Gasteiger partial charge on any atom is -0.465 e. The van der Waals surface area contributed by atoms with E-state index in [0.717, 1.165) is 19.3 Å². The van der Waals surface area contributed by atoms with Crippen molar-refractivity contribution in [3.8, 4) is 0 Å². The van der Waals surface area contributed by atoms with E-state index >= 15 is 0 Å². The molecule has 0 saturated heterocycles. The lowest BCUT2D eigenvalue weighted by molar-refractivity contribution is -0.383. The van der Waals surface area contributed by atoms with Crippen molar-refractivity contribution in [1.82, 2.24) is 9.97 Å². The summed E-state index contributed by atoms with van der Waals surface area (Å²) >= 11 is 0. The second-order valence-corrected chi connectivity index (χ2v) is 6.66. The van der Waals surface area contributed by atoms with Gasteiger partial charge in [-0.15, -0.1) is 0 Å². The van der Waals surface area contributed by atoms with Gasteiger partial charge in [0.2, 0.25) is 11.6 Å². The summed E-state index contributed by atoms with van der Waals surface area (Å²) in [6.45, 7) is 0.566. The van der Waals surface area contributed by atoms with Gasteiger partial charge >= 0.3 is 11.7 Å². The van der Waals surface area contributed by atoms with Crippen LogP contribution in [0.1, 0.15) is 42.5 Å². The van der Waals surface area contributed by atoms with Gasteiger partial charge in [0.25, 0.3) is 0 Å². The van der Waals surface area contributed by atoms with Gasteiger partial charge in [-0.3, -0.25) is 10.1 Å². The molecule has 9 nitrogen and oxygen atoms in total. The molecule has 1 aromatic heterocycles. The van der Waals surface area contributed by atoms with Crippen molar-refractivity contribution >= 4 is 29.0 Å². The van der Waals surface area contributed by atoms with E-state index < -0.39 is 10.9 Å². The Morgan fingerprint density at radius 3 is 2.62 bits per heavy atom. The number of aromatic nitrogens is 2. The number of carbonyl (C=O) groups excluding carboxylic acids is 1. The second kappa shape index (κ2) is 9.63. The summed E-state index contributed by atoms with van der Waals surface area (Å²) in [4.78, 5) is 30.7. The standard InChI is InChI=1S/C20H23N5O4/c1-29-20(26)15-7-9-16(10-8-15)24-19-17(25(27)28)18(22-13-23-19)21-12-11-14-5-3-2-4-6-14/h5,7-10,13H,2-4,6,11-12H2,1H3,(H2,21,22,23,24). The number of ether oxygens (including phenoxy) is 1. The highest BCUT2D eigenvalue weighted by Gasteiger charge is 2.23. The van der Waals surface area contributed by atoms with Gasteiger partial charge in [-0.1, -0.05) is 11.6 Å². The molecule has 0 radical (unpaired) electrons. The number of nitrogens with one attached hydrogen (secondary N) is 2. The number of rotatable bonds is 8. The van der Waals surface area contributed by atoms with Crippen LogP contribution in [0.5, 0.6) is 0 Å². The van der Waals surface area contributed by atoms with E-state index in [1.165, 1.54) is 31.9 Å². The Morgan fingerprint density at radius 1 is 1.21 bits per heavy atom. The summed E-state index contributed by atoms with van der Waals surface area (Å²) in [5.41, 5.74) is 2.10. The van der Waals surface area contributed by atoms with Crippen molar-refractivity contribution in [2.45, 2.75) is 32.1 Å². The topological polar surface area (TPSA) is 119 Å². The summed E-state index contributed by atoms with van der Waals surface area (Å²) in [7, 11) is 1.30. The monoisotopic (exact) mass is 397 g/mol. The largest absolute Gasteiger partial charge is 0.465 e. The zero-order chi connectivity index (χ0) is 20.6. The van der Waals surface area contributed by atoms with E-state index in [-0.39, 0.29) is 17.3 Å². The molecule has 0 bridgehead atoms. The molecule has 0 saturated carbocycles. The number of hydrogen-bond donors (Lipinski definition) is 2. The van der Waals surface area contributed by atoms with Crippen LogP contribution in [0.3, 0.4) is 0 Å². The maximum atomic E-state index is 11.7. The molecule has 2 N–H and O–H groups in total. The number of benzene rings is 1. The first-order chi connectivity index (χ1) is 14.1. The third-order valence-corrected chi connectivity index (χ3v) is 4.70. The highest BCUT2D eigenvalue weighted by molar-refractivity contribution is 5.89. The van der Waals surface area contributed by atoms with Crippen LogP contribution in [0.4, 0.5) is 23.0 Å². The fourth-order valence-corrected chi connectivity index (χ4v) is 3.19. The SMILES string of the molecule is COC(=O)c1ccc(Nc2ncnc(NCCC3=CCCCC3)c2[N+](=O)[O-])cc1. The van der Waals surface area contributed by atoms with Crippen LogP contribution in [-0.2, 0) is 4.74 Å². The summed E-state index contributed by atoms with van der Waals surface area (Å²) < 4.78 is 4.66. The van der Waals surface area contributed by atoms with Crippen LogP contribution in [-0.4, -0.2) is 34.5 Å². The van der Waals surface area contributed by atoms with Crippen molar-refractivity contribution in [3.63, 3.8) is 0 Å². The number of carbonyl (C=O) groups is 1. The molecule has 0 aliphatic heterocycles. The molecule has 0 spiro atoms. The lowest BCUT2D eigenvalue weighted by Crippen LogP contribution is -2.10. The third-order valence-electron chi connectivity index (χ3n) is 4.70. The fraction of sp³-hybridized carbons (Fsp3) is 0.350. The number of allylic oxidation sites excluding steroid dienone is 1. The molecular weight excluding hydrogens is 374 g/mol. The molecule has 3 rings (SSSR count). The van der Waals surface area contributed by atoms with Crippen molar-refractivity contribution in [1.29, 1.82) is 0 Å². The van der Waals surface area contributed by atoms with Gasteiger partial charge in [0, 0.05) is 12.2 Å². The van der Waals surface area contributed by atoms with Crippen molar-refractivity contribution < 1.29 is 14.5 Å². The van der Waals surface area contributed by atoms with E-state index in [0.29, 0.717) is 17.8 Å². The summed E-state index contributed by atoms with van der Waals surface area (Å²) in [6.07, 6.45) is 8.98. The lowest BCUT2D eigenvalue weighted by Gasteiger charge is -2.14. The minimum atomic E-state index is -0.507. The normalized spacial score (nSPS) is 13.3. The van der Waals surface area contributed by atoms with Crippen LogP contribution in [0.2, 0.25) is 0 Å². The lowest BCUT2D eigenvalue weighted by atomic mass is 9.97. The van der Waals surface area contributed by atoms with E-state index in [4.69, 9.17) is 0 Å². The van der Waals surface area contributed by atoms with Crippen LogP contribution in [0.15, 0.2) is 42.2 Å². The molecule has 0 amide bonds. The predicted molar refractivity (Wildman–Crippen MR) is 109 cm³/mol. The first kappa shape index (κ1) is 20.2. The fourth-order valence-electron chi connectivity index (χ4n) is 3.19. The maximum Gasteiger partial charge on any atom is 0.353 e. The first-order valence-electron chi connectivity index (χ1n) is 9.45. The number of nitrogens with zero attached hydrogens (tertiary/aromatic N) is 3. The number of esters is 1. The summed E-state index contributed by atoms with van der Waals surface area (Å²) in [5, 5.41) is 17.6. The van der Waals surface area contributed by atoms with Gasteiger partial charge in [0.1, 0.15) is 6.33 Å². The Hall–Kier alpha value is -3.49. The summed E-state index contributed by atoms with van der Waals surface area (Å²) in [5.74, 6) is -0.200. The molecule has 1 heterocycles. The van der Waals surface area contributed by atoms with Gasteiger partial charge in [-0.05, 0) is 56.4 Å². The van der Waals surface area contributed by atoms with Gasteiger partial charge in [0.15, 0.2) is 0 Å². The smallest absolute Gasteiger partial charge is 0.353 e. The molecule has 0 fully saturated rings. The van der Waals surface area contributed by atoms with E-state index in [1.54, 1.807) is 24.3 Å². The molecule has 0 unspecified atom stereocenters. The van der Waals surface area contributed by atoms with Crippen LogP contribution in [0.25, 0.3) is 0 Å². The van der Waals surface area contributed by atoms with Gasteiger partial charge in [-0.25, -0.2) is 14.8 Å². The van der Waals surface area contributed by atoms with Crippen molar-refractivity contribution in [2.75, 3.05) is 24.3 Å². The molecule has 1 aromatic carbocycles. The Morgan fingerprint density at radius 2 is 1.97 bits per heavy atom. The van der Waals surface area contributed by atoms with Gasteiger partial charge in [-0.2, -0.15) is 0 Å². The molecule has 29 heavy (non-hydrogen) atoms. The highest BCUT2D eigenvalue weighted by Crippen LogP contribution is 2.31. The van der Waals surface area contributed by atoms with Crippen LogP contribution < -0.4 is 10.6 Å². The maximum absolute atomic E-state index is 11.7. The molecule has 0 atom stereocenters. The highest BCUT2D eigenvalue weighted by atomic mass is 16.6. The van der Waals surface area contributed by atoms with Gasteiger partial charge < -0.3 is 15.4 Å². The zero-order valence-corrected chi connectivity index (χ0v) is 16.2. The molecular formula is C20H23N5O4. The number of hydrogen-bond acceptors (Lipinski definition) is 8. The summed E-state index contributed by atoms with van der Waals surface area (Å²) in [6, 6.07) is 6.39. The zero-order valence-electron chi connectivity index (χ0n) is 16.2. The van der Waals surface area contributed by atoms with Crippen LogP contribution >= 0.6 is 0 Å². The van der Waals surface area contributed by atoms with E-state index in [1.807, 2.05) is 0 Å². The second-order valence-electron chi connectivity index (χ2n) is 6.66. The van der Waals surface area contributed by atoms with E-state index in [9.17, 15) is 14.9 Å². The number of nitro groups is 1. The average Bonchev–Trinajstić information content (AvgIpc) is 2.74. The van der Waals surface area contributed by atoms with E-state index in [2.05, 4.69) is 31.4 Å². The Kier molecular flexibility index (Phi) is 6.72. The molecule has 9 heteroatoms. The molecule has 1 aliphatic carbocycles. The first-order valence-corrected chi connectivity index (χ1v) is 9.45. The Bertz CT molecular complexity index is 912. The van der Waals surface area contributed by atoms with Crippen LogP contribution in [0, 0.1) is 10.1 Å². The quantitative estimate of drug-likeness (QED) is 0.294. The minimum absolute atomic E-state index is 0.0789. The Balaban J connectivity index is 1.73. The predicted octanol–water partition coefficient (Wildman–Crippen LogP) is 4.22. The number of anilines is 3. The molecule has 152 valence electrons.